The van der Waals surface area contributed by atoms with Gasteiger partial charge in [-0.15, -0.1) is 0 Å². The van der Waals surface area contributed by atoms with Crippen LogP contribution in [-0.4, -0.2) is 29.7 Å². The van der Waals surface area contributed by atoms with Crippen LogP contribution < -0.4 is 9.64 Å². The third kappa shape index (κ3) is 2.27. The Morgan fingerprint density at radius 3 is 2.13 bits per heavy atom. The van der Waals surface area contributed by atoms with Crippen LogP contribution in [-0.2, 0) is 14.4 Å². The molecule has 2 aromatic rings. The largest absolute Gasteiger partial charge is 0.496 e. The van der Waals surface area contributed by atoms with Gasteiger partial charge >= 0.3 is 0 Å². The molecule has 0 radical (unpaired) electrons. The molecule has 2 fully saturated rings. The lowest BCUT2D eigenvalue weighted by Crippen LogP contribution is -2.42. The second-order valence-corrected chi connectivity index (χ2v) is 9.21. The van der Waals surface area contributed by atoms with Crippen LogP contribution in [0.1, 0.15) is 44.0 Å². The van der Waals surface area contributed by atoms with Gasteiger partial charge in [0.05, 0.1) is 36.7 Å². The number of fused-ring (bicyclic) bond motifs is 8. The highest BCUT2D eigenvalue weighted by atomic mass is 16.5. The van der Waals surface area contributed by atoms with Crippen LogP contribution in [0.2, 0.25) is 0 Å². The monoisotopic (exact) mass is 404 g/mol. The van der Waals surface area contributed by atoms with E-state index < -0.39 is 29.3 Å². The number of para-hydroxylation sites is 1. The lowest BCUT2D eigenvalue weighted by Gasteiger charge is -2.32. The second-order valence-electron chi connectivity index (χ2n) is 9.21. The van der Waals surface area contributed by atoms with Crippen LogP contribution in [0.5, 0.6) is 5.75 Å². The molecule has 2 bridgehead atoms. The third-order valence-corrected chi connectivity index (χ3v) is 6.50. The lowest BCUT2D eigenvalue weighted by atomic mass is 9.77. The smallest absolute Gasteiger partial charge is 0.240 e. The van der Waals surface area contributed by atoms with Crippen molar-refractivity contribution >= 4 is 23.4 Å². The fraction of sp³-hybridized carbons (Fsp3) is 0.375. The molecule has 4 atom stereocenters. The Balaban J connectivity index is 1.68. The Morgan fingerprint density at radius 2 is 1.53 bits per heavy atom. The zero-order valence-corrected chi connectivity index (χ0v) is 17.5. The third-order valence-electron chi connectivity index (χ3n) is 6.50. The molecule has 6 heteroatoms. The van der Waals surface area contributed by atoms with Crippen molar-refractivity contribution in [2.24, 2.45) is 17.3 Å². The van der Waals surface area contributed by atoms with Crippen molar-refractivity contribution in [2.45, 2.75) is 32.9 Å². The summed E-state index contributed by atoms with van der Waals surface area (Å²) in [7, 11) is 1.59. The second kappa shape index (κ2) is 6.17. The van der Waals surface area contributed by atoms with Crippen molar-refractivity contribution in [3.05, 3.63) is 59.7 Å². The molecule has 3 aliphatic heterocycles. The number of ether oxygens (including phenoxy) is 1. The molecule has 0 spiro atoms. The fourth-order valence-electron chi connectivity index (χ4n) is 5.34. The summed E-state index contributed by atoms with van der Waals surface area (Å²) in [5.74, 6) is -1.05. The highest BCUT2D eigenvalue weighted by Crippen LogP contribution is 2.64. The minimum absolute atomic E-state index is 0.0583. The van der Waals surface area contributed by atoms with E-state index >= 15 is 0 Å². The van der Waals surface area contributed by atoms with Crippen LogP contribution in [0.3, 0.4) is 0 Å². The molecule has 30 heavy (non-hydrogen) atoms. The molecule has 3 amide bonds. The average molecular weight is 404 g/mol. The number of amides is 3. The van der Waals surface area contributed by atoms with E-state index in [-0.39, 0.29) is 17.7 Å². The first-order valence-electron chi connectivity index (χ1n) is 10.2. The molecule has 0 aromatic heterocycles. The number of nitrogens with zero attached hydrogens (tertiary/aromatic N) is 2. The van der Waals surface area contributed by atoms with E-state index in [2.05, 4.69) is 0 Å². The number of hydrogen-bond donors (Lipinski definition) is 0. The Morgan fingerprint density at radius 1 is 0.900 bits per heavy atom. The molecule has 3 heterocycles. The van der Waals surface area contributed by atoms with E-state index in [1.807, 2.05) is 57.2 Å². The number of carbonyl (C=O) groups is 3. The molecule has 3 aliphatic rings. The maximum Gasteiger partial charge on any atom is 0.240 e. The lowest BCUT2D eigenvalue weighted by molar-refractivity contribution is -0.143. The predicted molar refractivity (Wildman–Crippen MR) is 111 cm³/mol. The van der Waals surface area contributed by atoms with Gasteiger partial charge in [0.25, 0.3) is 0 Å². The summed E-state index contributed by atoms with van der Waals surface area (Å²) < 4.78 is 5.60. The summed E-state index contributed by atoms with van der Waals surface area (Å²) in [4.78, 5) is 43.6. The minimum atomic E-state index is -0.629. The molecular formula is C24H24N2O4. The van der Waals surface area contributed by atoms with Gasteiger partial charge < -0.3 is 9.64 Å². The SMILES string of the molecule is COc1cccc2c1[C@H]1[C@H]3C(=O)N(c4ccccc4)C(=O)[C@H]3[C@H]2N1C(=O)C(C)(C)C. The van der Waals surface area contributed by atoms with Crippen LogP contribution in [0.15, 0.2) is 48.5 Å². The van der Waals surface area contributed by atoms with E-state index in [1.54, 1.807) is 24.1 Å². The number of hydrogen-bond acceptors (Lipinski definition) is 4. The van der Waals surface area contributed by atoms with Crippen molar-refractivity contribution in [1.29, 1.82) is 0 Å². The van der Waals surface area contributed by atoms with Crippen molar-refractivity contribution in [2.75, 3.05) is 12.0 Å². The number of benzene rings is 2. The van der Waals surface area contributed by atoms with Crippen LogP contribution in [0.4, 0.5) is 5.69 Å². The van der Waals surface area contributed by atoms with Gasteiger partial charge in [-0.2, -0.15) is 0 Å². The fourth-order valence-corrected chi connectivity index (χ4v) is 5.34. The quantitative estimate of drug-likeness (QED) is 0.719. The van der Waals surface area contributed by atoms with Crippen molar-refractivity contribution < 1.29 is 19.1 Å². The van der Waals surface area contributed by atoms with E-state index in [9.17, 15) is 14.4 Å². The van der Waals surface area contributed by atoms with E-state index in [0.717, 1.165) is 11.1 Å². The Kier molecular flexibility index (Phi) is 3.88. The van der Waals surface area contributed by atoms with Crippen molar-refractivity contribution in [3.8, 4) is 5.75 Å². The van der Waals surface area contributed by atoms with Gasteiger partial charge in [0.1, 0.15) is 5.75 Å². The van der Waals surface area contributed by atoms with E-state index in [0.29, 0.717) is 11.4 Å². The van der Waals surface area contributed by atoms with E-state index in [1.165, 1.54) is 4.90 Å². The number of anilines is 1. The molecule has 5 rings (SSSR count). The standard InChI is InChI=1S/C24H24N2O4/c1-24(2,3)23(29)26-19-14-11-8-12-15(30-4)16(14)20(26)18-17(19)21(27)25(22(18)28)13-9-6-5-7-10-13/h5-12,17-20H,1-4H3/t17-,18+,19+,20+/m1/s1. The van der Waals surface area contributed by atoms with Gasteiger partial charge in [0, 0.05) is 11.0 Å². The van der Waals surface area contributed by atoms with Crippen LogP contribution in [0.25, 0.3) is 0 Å². The molecule has 0 unspecified atom stereocenters. The number of imide groups is 1. The number of carbonyl (C=O) groups excluding carboxylic acids is 3. The van der Waals surface area contributed by atoms with Crippen LogP contribution in [0, 0.1) is 17.3 Å². The van der Waals surface area contributed by atoms with Gasteiger partial charge in [0.15, 0.2) is 0 Å². The summed E-state index contributed by atoms with van der Waals surface area (Å²) in [5.41, 5.74) is 1.72. The zero-order valence-electron chi connectivity index (χ0n) is 17.5. The van der Waals surface area contributed by atoms with Crippen molar-refractivity contribution in [1.82, 2.24) is 4.90 Å². The molecule has 2 saturated heterocycles. The van der Waals surface area contributed by atoms with Gasteiger partial charge in [-0.1, -0.05) is 51.1 Å². The highest BCUT2D eigenvalue weighted by molar-refractivity contribution is 6.23. The molecule has 0 N–H and O–H groups in total. The molecule has 0 aliphatic carbocycles. The molecule has 0 saturated carbocycles. The number of methoxy groups -OCH3 is 1. The molecular weight excluding hydrogens is 380 g/mol. The number of rotatable bonds is 2. The Bertz CT molecular complexity index is 1070. The first-order valence-corrected chi connectivity index (χ1v) is 10.2. The van der Waals surface area contributed by atoms with Gasteiger partial charge in [-0.05, 0) is 23.8 Å². The Labute approximate surface area is 175 Å². The maximum atomic E-state index is 13.5. The minimum Gasteiger partial charge on any atom is -0.496 e. The summed E-state index contributed by atoms with van der Waals surface area (Å²) >= 11 is 0. The normalized spacial score (nSPS) is 26.8. The predicted octanol–water partition coefficient (Wildman–Crippen LogP) is 3.49. The molecule has 2 aromatic carbocycles. The first-order chi connectivity index (χ1) is 14.3. The average Bonchev–Trinajstić information content (AvgIpc) is 3.32. The molecule has 6 nitrogen and oxygen atoms in total. The summed E-state index contributed by atoms with van der Waals surface area (Å²) in [5, 5.41) is 0. The first kappa shape index (κ1) is 18.9. The van der Waals surface area contributed by atoms with Crippen molar-refractivity contribution in [3.63, 3.8) is 0 Å². The van der Waals surface area contributed by atoms with Crippen LogP contribution >= 0.6 is 0 Å². The Hall–Kier alpha value is -3.15. The van der Waals surface area contributed by atoms with Gasteiger partial charge in [-0.3, -0.25) is 14.4 Å². The summed E-state index contributed by atoms with van der Waals surface area (Å²) in [6.07, 6.45) is 0. The molecule has 154 valence electrons. The van der Waals surface area contributed by atoms with Gasteiger partial charge in [-0.25, -0.2) is 4.90 Å². The van der Waals surface area contributed by atoms with Gasteiger partial charge in [0.2, 0.25) is 17.7 Å². The van der Waals surface area contributed by atoms with E-state index in [4.69, 9.17) is 4.74 Å². The zero-order chi connectivity index (χ0) is 21.4. The maximum absolute atomic E-state index is 13.5. The summed E-state index contributed by atoms with van der Waals surface area (Å²) in [6.45, 7) is 5.60. The summed E-state index contributed by atoms with van der Waals surface area (Å²) in [6, 6.07) is 13.7. The topological polar surface area (TPSA) is 66.9 Å². The highest BCUT2D eigenvalue weighted by Gasteiger charge is 2.69.